The van der Waals surface area contributed by atoms with E-state index in [1.807, 2.05) is 25.1 Å². The molecule has 2 aromatic carbocycles. The molecule has 0 radical (unpaired) electrons. The molecule has 24 heavy (non-hydrogen) atoms. The van der Waals surface area contributed by atoms with E-state index < -0.39 is 8.32 Å². The first kappa shape index (κ1) is 18.4. The summed E-state index contributed by atoms with van der Waals surface area (Å²) in [6.07, 6.45) is 2.74. The van der Waals surface area contributed by atoms with Gasteiger partial charge in [-0.1, -0.05) is 87.5 Å². The number of rotatable bonds is 6. The van der Waals surface area contributed by atoms with Crippen LogP contribution in [0.15, 0.2) is 72.3 Å². The van der Waals surface area contributed by atoms with Crippen molar-refractivity contribution in [3.8, 4) is 0 Å². The van der Waals surface area contributed by atoms with Crippen LogP contribution < -0.4 is 10.4 Å². The van der Waals surface area contributed by atoms with Crippen molar-refractivity contribution in [3.05, 3.63) is 72.3 Å². The molecule has 0 N–H and O–H groups in total. The lowest BCUT2D eigenvalue weighted by molar-refractivity contribution is -0.104. The van der Waals surface area contributed by atoms with Crippen LogP contribution >= 0.6 is 0 Å². The molecule has 2 nitrogen and oxygen atoms in total. The summed E-state index contributed by atoms with van der Waals surface area (Å²) < 4.78 is 6.64. The standard InChI is InChI=1S/C21H26O2Si/c1-18(17-22)15-16-23-24(21(2,3)4,19-11-7-5-8-12-19)20-13-9-6-10-14-20/h5-15,17H,16H2,1-4H3. The number of carbonyl (C=O) groups excluding carboxylic acids is 1. The zero-order valence-corrected chi connectivity index (χ0v) is 16.0. The number of allylic oxidation sites excluding steroid dienone is 1. The fraction of sp³-hybridized carbons (Fsp3) is 0.286. The van der Waals surface area contributed by atoms with Crippen molar-refractivity contribution < 1.29 is 9.22 Å². The summed E-state index contributed by atoms with van der Waals surface area (Å²) in [6, 6.07) is 21.0. The van der Waals surface area contributed by atoms with Gasteiger partial charge >= 0.3 is 0 Å². The molecule has 0 heterocycles. The second-order valence-electron chi connectivity index (χ2n) is 7.04. The molecular weight excluding hydrogens is 312 g/mol. The van der Waals surface area contributed by atoms with Crippen LogP contribution in [-0.2, 0) is 9.22 Å². The lowest BCUT2D eigenvalue weighted by Gasteiger charge is -2.42. The Hall–Kier alpha value is -1.97. The number of hydrogen-bond acceptors (Lipinski definition) is 2. The maximum absolute atomic E-state index is 10.9. The highest BCUT2D eigenvalue weighted by atomic mass is 28.4. The fourth-order valence-electron chi connectivity index (χ4n) is 3.11. The monoisotopic (exact) mass is 338 g/mol. The predicted octanol–water partition coefficient (Wildman–Crippen LogP) is 3.71. The third-order valence-electron chi connectivity index (χ3n) is 4.31. The Labute approximate surface area is 146 Å². The zero-order valence-electron chi connectivity index (χ0n) is 15.0. The molecule has 0 saturated carbocycles. The van der Waals surface area contributed by atoms with Crippen LogP contribution in [0, 0.1) is 0 Å². The minimum Gasteiger partial charge on any atom is -0.404 e. The van der Waals surface area contributed by atoms with Gasteiger partial charge in [0.25, 0.3) is 8.32 Å². The van der Waals surface area contributed by atoms with E-state index in [1.165, 1.54) is 10.4 Å². The molecule has 0 atom stereocenters. The van der Waals surface area contributed by atoms with Crippen LogP contribution in [0.25, 0.3) is 0 Å². The second-order valence-corrected chi connectivity index (χ2v) is 11.3. The highest BCUT2D eigenvalue weighted by Gasteiger charge is 2.49. The van der Waals surface area contributed by atoms with Gasteiger partial charge in [-0.25, -0.2) is 0 Å². The third kappa shape index (κ3) is 3.74. The van der Waals surface area contributed by atoms with Crippen molar-refractivity contribution in [1.82, 2.24) is 0 Å². The molecule has 0 aliphatic heterocycles. The SMILES string of the molecule is CC(C=O)=CCO[Si](c1ccccc1)(c1ccccc1)C(C)(C)C. The topological polar surface area (TPSA) is 26.3 Å². The van der Waals surface area contributed by atoms with Crippen LogP contribution in [0.1, 0.15) is 27.7 Å². The summed E-state index contributed by atoms with van der Waals surface area (Å²) in [5.41, 5.74) is 0.702. The third-order valence-corrected chi connectivity index (χ3v) is 9.31. The average Bonchev–Trinajstić information content (AvgIpc) is 2.59. The summed E-state index contributed by atoms with van der Waals surface area (Å²) in [4.78, 5) is 10.9. The van der Waals surface area contributed by atoms with Crippen LogP contribution in [0.4, 0.5) is 0 Å². The molecule has 0 unspecified atom stereocenters. The van der Waals surface area contributed by atoms with Gasteiger partial charge in [-0.2, -0.15) is 0 Å². The Kier molecular flexibility index (Phi) is 5.92. The molecular formula is C21H26O2Si. The van der Waals surface area contributed by atoms with Gasteiger partial charge in [-0.3, -0.25) is 4.79 Å². The minimum absolute atomic E-state index is 0.0430. The highest BCUT2D eigenvalue weighted by molar-refractivity contribution is 6.99. The van der Waals surface area contributed by atoms with E-state index in [9.17, 15) is 4.79 Å². The van der Waals surface area contributed by atoms with Gasteiger partial charge in [-0.15, -0.1) is 0 Å². The maximum atomic E-state index is 10.9. The molecule has 0 aliphatic carbocycles. The largest absolute Gasteiger partial charge is 0.404 e. The Morgan fingerprint density at radius 2 is 1.42 bits per heavy atom. The smallest absolute Gasteiger partial charge is 0.261 e. The Balaban J connectivity index is 2.59. The summed E-state index contributed by atoms with van der Waals surface area (Å²) in [6.45, 7) is 8.99. The van der Waals surface area contributed by atoms with Gasteiger partial charge in [0.2, 0.25) is 0 Å². The number of aldehydes is 1. The lowest BCUT2D eigenvalue weighted by atomic mass is 10.2. The number of hydrogen-bond donors (Lipinski definition) is 0. The van der Waals surface area contributed by atoms with E-state index in [-0.39, 0.29) is 5.04 Å². The fourth-order valence-corrected chi connectivity index (χ4v) is 7.60. The summed E-state index contributed by atoms with van der Waals surface area (Å²) in [5, 5.41) is 2.46. The Bertz CT molecular complexity index is 645. The molecule has 0 amide bonds. The first-order valence-electron chi connectivity index (χ1n) is 8.29. The van der Waals surface area contributed by atoms with Gasteiger partial charge in [0, 0.05) is 0 Å². The maximum Gasteiger partial charge on any atom is 0.261 e. The first-order chi connectivity index (χ1) is 11.4. The molecule has 0 bridgehead atoms. The number of benzene rings is 2. The molecule has 0 fully saturated rings. The van der Waals surface area contributed by atoms with Crippen LogP contribution in [0.3, 0.4) is 0 Å². The van der Waals surface area contributed by atoms with Crippen molar-refractivity contribution >= 4 is 25.0 Å². The summed E-state index contributed by atoms with van der Waals surface area (Å²) >= 11 is 0. The van der Waals surface area contributed by atoms with Crippen molar-refractivity contribution in [1.29, 1.82) is 0 Å². The lowest BCUT2D eigenvalue weighted by Crippen LogP contribution is -2.66. The van der Waals surface area contributed by atoms with Crippen molar-refractivity contribution in [3.63, 3.8) is 0 Å². The van der Waals surface area contributed by atoms with Crippen LogP contribution in [0.2, 0.25) is 5.04 Å². The second kappa shape index (κ2) is 7.73. The van der Waals surface area contributed by atoms with Crippen LogP contribution in [0.5, 0.6) is 0 Å². The van der Waals surface area contributed by atoms with E-state index in [1.54, 1.807) is 0 Å². The normalized spacial score (nSPS) is 12.9. The molecule has 0 aliphatic rings. The summed E-state index contributed by atoms with van der Waals surface area (Å²) in [5.74, 6) is 0. The van der Waals surface area contributed by atoms with Crippen molar-refractivity contribution in [2.75, 3.05) is 6.61 Å². The Morgan fingerprint density at radius 1 is 0.958 bits per heavy atom. The number of carbonyl (C=O) groups is 1. The van der Waals surface area contributed by atoms with E-state index in [0.29, 0.717) is 12.2 Å². The molecule has 0 aromatic heterocycles. The molecule has 0 spiro atoms. The molecule has 126 valence electrons. The van der Waals surface area contributed by atoms with Crippen molar-refractivity contribution in [2.45, 2.75) is 32.7 Å². The molecule has 0 saturated heterocycles. The van der Waals surface area contributed by atoms with E-state index in [2.05, 4.69) is 69.3 Å². The van der Waals surface area contributed by atoms with E-state index in [4.69, 9.17) is 4.43 Å². The van der Waals surface area contributed by atoms with E-state index in [0.717, 1.165) is 6.29 Å². The van der Waals surface area contributed by atoms with Gasteiger partial charge in [-0.05, 0) is 27.9 Å². The van der Waals surface area contributed by atoms with Gasteiger partial charge < -0.3 is 4.43 Å². The van der Waals surface area contributed by atoms with Gasteiger partial charge in [0.05, 0.1) is 6.61 Å². The predicted molar refractivity (Wildman–Crippen MR) is 103 cm³/mol. The zero-order chi connectivity index (χ0) is 17.6. The Morgan fingerprint density at radius 3 is 1.79 bits per heavy atom. The van der Waals surface area contributed by atoms with E-state index >= 15 is 0 Å². The minimum atomic E-state index is -2.49. The average molecular weight is 339 g/mol. The van der Waals surface area contributed by atoms with Gasteiger partial charge in [0.1, 0.15) is 6.29 Å². The van der Waals surface area contributed by atoms with Crippen molar-refractivity contribution in [2.24, 2.45) is 0 Å². The quantitative estimate of drug-likeness (QED) is 0.456. The van der Waals surface area contributed by atoms with Crippen LogP contribution in [-0.4, -0.2) is 21.2 Å². The van der Waals surface area contributed by atoms with Gasteiger partial charge in [0.15, 0.2) is 0 Å². The highest BCUT2D eigenvalue weighted by Crippen LogP contribution is 2.36. The molecule has 3 heteroatoms. The first-order valence-corrected chi connectivity index (χ1v) is 10.2. The summed E-state index contributed by atoms with van der Waals surface area (Å²) in [7, 11) is -2.49. The molecule has 2 aromatic rings. The molecule has 2 rings (SSSR count).